The van der Waals surface area contributed by atoms with Gasteiger partial charge in [0.2, 0.25) is 11.9 Å². The molecular formula is C11H21N5O. The minimum Gasteiger partial charge on any atom is -0.467 e. The topological polar surface area (TPSA) is 63.2 Å². The molecule has 0 aliphatic heterocycles. The van der Waals surface area contributed by atoms with E-state index in [0.29, 0.717) is 17.9 Å². The van der Waals surface area contributed by atoms with Crippen LogP contribution in [0.2, 0.25) is 0 Å². The molecule has 1 N–H and O–H groups in total. The molecule has 0 radical (unpaired) electrons. The lowest BCUT2D eigenvalue weighted by Gasteiger charge is -2.20. The van der Waals surface area contributed by atoms with Gasteiger partial charge in [0.05, 0.1) is 7.11 Å². The Bertz CT molecular complexity index is 322. The first-order chi connectivity index (χ1) is 8.24. The summed E-state index contributed by atoms with van der Waals surface area (Å²) < 4.78 is 5.07. The average Bonchev–Trinajstić information content (AvgIpc) is 2.39. The van der Waals surface area contributed by atoms with E-state index in [1.165, 1.54) is 0 Å². The third-order valence-electron chi connectivity index (χ3n) is 2.46. The number of rotatable bonds is 7. The van der Waals surface area contributed by atoms with E-state index in [2.05, 4.69) is 39.0 Å². The first-order valence-electron chi connectivity index (χ1n) is 5.97. The molecule has 0 spiro atoms. The van der Waals surface area contributed by atoms with E-state index in [9.17, 15) is 0 Å². The predicted octanol–water partition coefficient (Wildman–Crippen LogP) is 1.55. The van der Waals surface area contributed by atoms with Gasteiger partial charge in [-0.15, -0.1) is 0 Å². The van der Waals surface area contributed by atoms with Crippen molar-refractivity contribution in [1.29, 1.82) is 0 Å². The summed E-state index contributed by atoms with van der Waals surface area (Å²) in [6, 6.07) is 0.342. The monoisotopic (exact) mass is 239 g/mol. The molecule has 0 unspecified atom stereocenters. The van der Waals surface area contributed by atoms with Gasteiger partial charge in [0.15, 0.2) is 0 Å². The fraction of sp³-hybridized carbons (Fsp3) is 0.727. The predicted molar refractivity (Wildman–Crippen MR) is 68.7 cm³/mol. The third kappa shape index (κ3) is 3.72. The number of ether oxygens (including phenoxy) is 1. The van der Waals surface area contributed by atoms with E-state index >= 15 is 0 Å². The van der Waals surface area contributed by atoms with E-state index in [4.69, 9.17) is 4.74 Å². The molecule has 0 bridgehead atoms. The molecule has 0 aromatic carbocycles. The maximum absolute atomic E-state index is 5.07. The molecule has 0 fully saturated rings. The highest BCUT2D eigenvalue weighted by molar-refractivity contribution is 5.37. The largest absolute Gasteiger partial charge is 0.467 e. The van der Waals surface area contributed by atoms with Gasteiger partial charge >= 0.3 is 6.01 Å². The molecule has 0 aliphatic carbocycles. The Morgan fingerprint density at radius 2 is 2.00 bits per heavy atom. The molecule has 1 rings (SSSR count). The molecule has 1 aromatic rings. The summed E-state index contributed by atoms with van der Waals surface area (Å²) in [6.07, 6.45) is 2.27. The van der Waals surface area contributed by atoms with Gasteiger partial charge in [0.25, 0.3) is 0 Å². The minimum atomic E-state index is 0.342. The van der Waals surface area contributed by atoms with Gasteiger partial charge in [-0.05, 0) is 13.3 Å². The molecule has 0 aliphatic rings. The van der Waals surface area contributed by atoms with Gasteiger partial charge in [-0.25, -0.2) is 0 Å². The molecular weight excluding hydrogens is 218 g/mol. The van der Waals surface area contributed by atoms with Gasteiger partial charge in [-0.1, -0.05) is 13.3 Å². The van der Waals surface area contributed by atoms with Crippen LogP contribution in [0, 0.1) is 0 Å². The normalized spacial score (nSPS) is 10.1. The van der Waals surface area contributed by atoms with Crippen LogP contribution >= 0.6 is 0 Å². The Morgan fingerprint density at radius 1 is 1.24 bits per heavy atom. The zero-order valence-corrected chi connectivity index (χ0v) is 11.0. The van der Waals surface area contributed by atoms with E-state index in [-0.39, 0.29) is 0 Å². The van der Waals surface area contributed by atoms with Gasteiger partial charge < -0.3 is 15.0 Å². The summed E-state index contributed by atoms with van der Waals surface area (Å²) in [6.45, 7) is 6.07. The van der Waals surface area contributed by atoms with Crippen LogP contribution in [0.15, 0.2) is 0 Å². The Balaban J connectivity index is 2.92. The second-order valence-electron chi connectivity index (χ2n) is 3.63. The summed E-state index contributed by atoms with van der Waals surface area (Å²) in [5, 5.41) is 2.91. The Hall–Kier alpha value is -1.59. The van der Waals surface area contributed by atoms with E-state index in [0.717, 1.165) is 25.9 Å². The third-order valence-corrected chi connectivity index (χ3v) is 2.46. The molecule has 0 saturated heterocycles. The first-order valence-corrected chi connectivity index (χ1v) is 5.97. The van der Waals surface area contributed by atoms with Crippen LogP contribution in [0.1, 0.15) is 26.7 Å². The van der Waals surface area contributed by atoms with Crippen molar-refractivity contribution in [3.63, 3.8) is 0 Å². The van der Waals surface area contributed by atoms with Gasteiger partial charge in [-0.2, -0.15) is 15.0 Å². The van der Waals surface area contributed by atoms with Crippen molar-refractivity contribution in [3.8, 4) is 6.01 Å². The SMILES string of the molecule is CCCCN(CC)c1nc(NC)nc(OC)n1. The molecule has 0 atom stereocenters. The van der Waals surface area contributed by atoms with E-state index in [1.807, 2.05) is 0 Å². The minimum absolute atomic E-state index is 0.342. The number of hydrogen-bond acceptors (Lipinski definition) is 6. The Kier molecular flexibility index (Phi) is 5.45. The fourth-order valence-electron chi connectivity index (χ4n) is 1.44. The average molecular weight is 239 g/mol. The maximum Gasteiger partial charge on any atom is 0.322 e. The second kappa shape index (κ2) is 6.88. The smallest absolute Gasteiger partial charge is 0.322 e. The van der Waals surface area contributed by atoms with Crippen molar-refractivity contribution in [2.45, 2.75) is 26.7 Å². The number of nitrogens with zero attached hydrogens (tertiary/aromatic N) is 4. The zero-order chi connectivity index (χ0) is 12.7. The van der Waals surface area contributed by atoms with Gasteiger partial charge in [0.1, 0.15) is 0 Å². The molecule has 96 valence electrons. The lowest BCUT2D eigenvalue weighted by molar-refractivity contribution is 0.378. The number of methoxy groups -OCH3 is 1. The van der Waals surface area contributed by atoms with Crippen LogP contribution in [0.25, 0.3) is 0 Å². The lowest BCUT2D eigenvalue weighted by Crippen LogP contribution is -2.26. The maximum atomic E-state index is 5.07. The number of anilines is 2. The highest BCUT2D eigenvalue weighted by Crippen LogP contribution is 2.14. The fourth-order valence-corrected chi connectivity index (χ4v) is 1.44. The van der Waals surface area contributed by atoms with Crippen LogP contribution in [0.4, 0.5) is 11.9 Å². The zero-order valence-electron chi connectivity index (χ0n) is 11.0. The molecule has 6 nitrogen and oxygen atoms in total. The van der Waals surface area contributed by atoms with Crippen molar-refractivity contribution in [3.05, 3.63) is 0 Å². The standard InChI is InChI=1S/C11H21N5O/c1-5-7-8-16(6-2)10-13-9(12-3)14-11(15-10)17-4/h5-8H2,1-4H3,(H,12,13,14,15). The van der Waals surface area contributed by atoms with E-state index < -0.39 is 0 Å². The van der Waals surface area contributed by atoms with E-state index in [1.54, 1.807) is 14.2 Å². The van der Waals surface area contributed by atoms with Gasteiger partial charge in [-0.3, -0.25) is 0 Å². The first kappa shape index (κ1) is 13.5. The van der Waals surface area contributed by atoms with Crippen LogP contribution in [0.5, 0.6) is 6.01 Å². The molecule has 1 heterocycles. The molecule has 17 heavy (non-hydrogen) atoms. The Morgan fingerprint density at radius 3 is 2.53 bits per heavy atom. The molecule has 1 aromatic heterocycles. The number of hydrogen-bond donors (Lipinski definition) is 1. The van der Waals surface area contributed by atoms with Crippen molar-refractivity contribution in [2.24, 2.45) is 0 Å². The Labute approximate surface area is 102 Å². The van der Waals surface area contributed by atoms with Crippen LogP contribution in [-0.2, 0) is 0 Å². The van der Waals surface area contributed by atoms with Crippen molar-refractivity contribution < 1.29 is 4.74 Å². The summed E-state index contributed by atoms with van der Waals surface area (Å²) in [5.74, 6) is 1.19. The van der Waals surface area contributed by atoms with Crippen LogP contribution < -0.4 is 15.0 Å². The molecule has 6 heteroatoms. The number of aromatic nitrogens is 3. The lowest BCUT2D eigenvalue weighted by atomic mass is 10.3. The molecule has 0 amide bonds. The summed E-state index contributed by atoms with van der Waals surface area (Å²) in [7, 11) is 3.34. The van der Waals surface area contributed by atoms with Crippen LogP contribution in [-0.4, -0.2) is 42.2 Å². The quantitative estimate of drug-likeness (QED) is 0.779. The van der Waals surface area contributed by atoms with Gasteiger partial charge in [0, 0.05) is 20.1 Å². The van der Waals surface area contributed by atoms with Crippen molar-refractivity contribution in [1.82, 2.24) is 15.0 Å². The summed E-state index contributed by atoms with van der Waals surface area (Å²) in [4.78, 5) is 14.8. The summed E-state index contributed by atoms with van der Waals surface area (Å²) >= 11 is 0. The van der Waals surface area contributed by atoms with Crippen molar-refractivity contribution >= 4 is 11.9 Å². The highest BCUT2D eigenvalue weighted by atomic mass is 16.5. The number of nitrogens with one attached hydrogen (secondary N) is 1. The van der Waals surface area contributed by atoms with Crippen molar-refractivity contribution in [2.75, 3.05) is 37.5 Å². The summed E-state index contributed by atoms with van der Waals surface area (Å²) in [5.41, 5.74) is 0. The molecule has 0 saturated carbocycles. The highest BCUT2D eigenvalue weighted by Gasteiger charge is 2.11. The number of unbranched alkanes of at least 4 members (excludes halogenated alkanes) is 1. The van der Waals surface area contributed by atoms with Crippen LogP contribution in [0.3, 0.4) is 0 Å². The second-order valence-corrected chi connectivity index (χ2v) is 3.63.